The van der Waals surface area contributed by atoms with E-state index in [1.807, 2.05) is 17.7 Å². The van der Waals surface area contributed by atoms with Gasteiger partial charge < -0.3 is 10.6 Å². The first-order valence-electron chi connectivity index (χ1n) is 12.6. The van der Waals surface area contributed by atoms with Gasteiger partial charge in [0, 0.05) is 35.1 Å². The van der Waals surface area contributed by atoms with Crippen LogP contribution < -0.4 is 10.6 Å². The maximum atomic E-state index is 13.9. The van der Waals surface area contributed by atoms with Gasteiger partial charge in [-0.25, -0.2) is 9.67 Å². The summed E-state index contributed by atoms with van der Waals surface area (Å²) in [5.74, 6) is -0.540. The Morgan fingerprint density at radius 3 is 2.66 bits per heavy atom. The smallest absolute Gasteiger partial charge is 0.213 e. The fraction of sp³-hybridized carbons (Fsp3) is 0.393. The molecule has 1 aliphatic carbocycles. The zero-order valence-electron chi connectivity index (χ0n) is 22.1. The minimum Gasteiger partial charge on any atom is -0.383 e. The predicted molar refractivity (Wildman–Crippen MR) is 147 cm³/mol. The fourth-order valence-corrected chi connectivity index (χ4v) is 4.83. The minimum absolute atomic E-state index is 0.00884. The number of nitrogens with one attached hydrogen (secondary N) is 2. The van der Waals surface area contributed by atoms with Gasteiger partial charge in [-0.05, 0) is 50.3 Å². The van der Waals surface area contributed by atoms with E-state index in [9.17, 15) is 9.65 Å². The molecule has 1 saturated carbocycles. The quantitative estimate of drug-likeness (QED) is 0.262. The summed E-state index contributed by atoms with van der Waals surface area (Å²) in [6, 6.07) is 8.96. The van der Waals surface area contributed by atoms with Crippen molar-refractivity contribution in [2.75, 3.05) is 17.2 Å². The molecule has 8 nitrogen and oxygen atoms in total. The summed E-state index contributed by atoms with van der Waals surface area (Å²) in [5, 5.41) is 26.9. The standard InChI is InChI=1S/C28H30ClFN8/c1-15-20(8-9-23(30)34-15)27(24-16(2)38(37-36-24)19-6-7-19)35-18-10-21-25(33-14-28(3,4)5)17(12-31)13-32-26(21)22(29)11-18/h8-11,13,19,27,35H,6-7,14H2,1-5H3,(H,32,33)/t27-/m0/s1. The molecule has 0 unspecified atom stereocenters. The van der Waals surface area contributed by atoms with Crippen molar-refractivity contribution < 1.29 is 4.39 Å². The van der Waals surface area contributed by atoms with Crippen molar-refractivity contribution in [2.45, 2.75) is 59.5 Å². The maximum Gasteiger partial charge on any atom is 0.213 e. The van der Waals surface area contributed by atoms with Crippen molar-refractivity contribution in [1.29, 1.82) is 5.26 Å². The number of hydrogen-bond donors (Lipinski definition) is 2. The second kappa shape index (κ2) is 9.84. The molecule has 1 aromatic carbocycles. The number of halogens is 2. The number of nitrogens with zero attached hydrogens (tertiary/aromatic N) is 6. The fourth-order valence-electron chi connectivity index (χ4n) is 4.56. The third-order valence-electron chi connectivity index (χ3n) is 6.68. The van der Waals surface area contributed by atoms with Crippen LogP contribution in [0.4, 0.5) is 15.8 Å². The Morgan fingerprint density at radius 2 is 2.00 bits per heavy atom. The average Bonchev–Trinajstić information content (AvgIpc) is 3.62. The third kappa shape index (κ3) is 5.14. The van der Waals surface area contributed by atoms with Crippen molar-refractivity contribution in [2.24, 2.45) is 5.41 Å². The molecule has 0 aliphatic heterocycles. The van der Waals surface area contributed by atoms with E-state index in [4.69, 9.17) is 11.6 Å². The Labute approximate surface area is 226 Å². The number of benzene rings is 1. The lowest BCUT2D eigenvalue weighted by Gasteiger charge is -2.23. The number of hydrogen-bond acceptors (Lipinski definition) is 7. The first kappa shape index (κ1) is 25.9. The van der Waals surface area contributed by atoms with Crippen molar-refractivity contribution in [3.63, 3.8) is 0 Å². The summed E-state index contributed by atoms with van der Waals surface area (Å²) in [6.45, 7) is 10.8. The molecule has 4 aromatic rings. The highest BCUT2D eigenvalue weighted by molar-refractivity contribution is 6.35. The van der Waals surface area contributed by atoms with Crippen molar-refractivity contribution >= 4 is 33.9 Å². The SMILES string of the molecule is Cc1nc(F)ccc1[C@H](Nc1cc(Cl)c2ncc(C#N)c(NCC(C)(C)C)c2c1)c1nnn(C2CC2)c1C. The predicted octanol–water partition coefficient (Wildman–Crippen LogP) is 6.50. The Kier molecular flexibility index (Phi) is 6.70. The highest BCUT2D eigenvalue weighted by Gasteiger charge is 2.31. The van der Waals surface area contributed by atoms with Crippen LogP contribution in [0.25, 0.3) is 10.9 Å². The van der Waals surface area contributed by atoms with E-state index in [1.54, 1.807) is 25.3 Å². The molecule has 1 atom stereocenters. The monoisotopic (exact) mass is 532 g/mol. The molecule has 0 spiro atoms. The molecule has 1 fully saturated rings. The van der Waals surface area contributed by atoms with Crippen LogP contribution in [0.15, 0.2) is 30.5 Å². The maximum absolute atomic E-state index is 13.9. The Bertz CT molecular complexity index is 1560. The molecule has 5 rings (SSSR count). The van der Waals surface area contributed by atoms with E-state index >= 15 is 0 Å². The first-order valence-corrected chi connectivity index (χ1v) is 13.0. The number of anilines is 2. The zero-order chi connectivity index (χ0) is 27.2. The van der Waals surface area contributed by atoms with Gasteiger partial charge in [0.25, 0.3) is 0 Å². The summed E-state index contributed by atoms with van der Waals surface area (Å²) in [4.78, 5) is 8.51. The molecule has 0 amide bonds. The van der Waals surface area contributed by atoms with Gasteiger partial charge >= 0.3 is 0 Å². The Balaban J connectivity index is 1.62. The van der Waals surface area contributed by atoms with Gasteiger partial charge in [-0.3, -0.25) is 4.98 Å². The molecular weight excluding hydrogens is 503 g/mol. The molecule has 38 heavy (non-hydrogen) atoms. The second-order valence-corrected chi connectivity index (χ2v) is 11.5. The highest BCUT2D eigenvalue weighted by Crippen LogP contribution is 2.39. The summed E-state index contributed by atoms with van der Waals surface area (Å²) >= 11 is 6.73. The lowest BCUT2D eigenvalue weighted by atomic mass is 9.96. The van der Waals surface area contributed by atoms with E-state index in [-0.39, 0.29) is 5.41 Å². The zero-order valence-corrected chi connectivity index (χ0v) is 22.9. The third-order valence-corrected chi connectivity index (χ3v) is 6.97. The molecule has 0 saturated heterocycles. The van der Waals surface area contributed by atoms with Crippen LogP contribution in [0, 0.1) is 36.5 Å². The summed E-state index contributed by atoms with van der Waals surface area (Å²) in [5.41, 5.74) is 5.43. The molecule has 196 valence electrons. The number of nitriles is 1. The van der Waals surface area contributed by atoms with Crippen LogP contribution in [0.2, 0.25) is 5.02 Å². The number of pyridine rings is 2. The number of fused-ring (bicyclic) bond motifs is 1. The van der Waals surface area contributed by atoms with Gasteiger partial charge in [0.15, 0.2) is 0 Å². The molecule has 2 N–H and O–H groups in total. The lowest BCUT2D eigenvalue weighted by Crippen LogP contribution is -2.20. The van der Waals surface area contributed by atoms with Crippen LogP contribution in [-0.4, -0.2) is 31.5 Å². The van der Waals surface area contributed by atoms with E-state index < -0.39 is 12.0 Å². The van der Waals surface area contributed by atoms with Gasteiger partial charge in [-0.15, -0.1) is 5.10 Å². The lowest BCUT2D eigenvalue weighted by molar-refractivity contribution is 0.443. The molecule has 3 aromatic heterocycles. The van der Waals surface area contributed by atoms with Crippen LogP contribution in [0.3, 0.4) is 0 Å². The number of aryl methyl sites for hydroxylation is 1. The molecule has 10 heteroatoms. The Morgan fingerprint density at radius 1 is 1.24 bits per heavy atom. The van der Waals surface area contributed by atoms with Crippen LogP contribution in [0.5, 0.6) is 0 Å². The largest absolute Gasteiger partial charge is 0.383 e. The second-order valence-electron chi connectivity index (χ2n) is 11.0. The van der Waals surface area contributed by atoms with Crippen LogP contribution >= 0.6 is 11.6 Å². The minimum atomic E-state index is -0.540. The van der Waals surface area contributed by atoms with E-state index in [1.165, 1.54) is 6.07 Å². The normalized spacial score (nSPS) is 14.4. The van der Waals surface area contributed by atoms with E-state index in [0.717, 1.165) is 35.2 Å². The number of rotatable bonds is 7. The van der Waals surface area contributed by atoms with Crippen molar-refractivity contribution in [1.82, 2.24) is 25.0 Å². The molecule has 1 aliphatic rings. The van der Waals surface area contributed by atoms with Crippen LogP contribution in [0.1, 0.15) is 73.9 Å². The van der Waals surface area contributed by atoms with Crippen LogP contribution in [-0.2, 0) is 0 Å². The topological polar surface area (TPSA) is 104 Å². The van der Waals surface area contributed by atoms with Gasteiger partial charge in [-0.1, -0.05) is 43.7 Å². The first-order chi connectivity index (χ1) is 18.1. The highest BCUT2D eigenvalue weighted by atomic mass is 35.5. The van der Waals surface area contributed by atoms with Crippen molar-refractivity contribution in [3.8, 4) is 6.07 Å². The summed E-state index contributed by atoms with van der Waals surface area (Å²) in [6.07, 6.45) is 3.71. The number of aromatic nitrogens is 5. The molecule has 0 radical (unpaired) electrons. The van der Waals surface area contributed by atoms with E-state index in [0.29, 0.717) is 45.8 Å². The Hall–Kier alpha value is -3.77. The summed E-state index contributed by atoms with van der Waals surface area (Å²) < 4.78 is 15.9. The van der Waals surface area contributed by atoms with Gasteiger partial charge in [0.05, 0.1) is 39.6 Å². The van der Waals surface area contributed by atoms with Gasteiger partial charge in [0.2, 0.25) is 5.95 Å². The summed E-state index contributed by atoms with van der Waals surface area (Å²) in [7, 11) is 0. The average molecular weight is 533 g/mol. The van der Waals surface area contributed by atoms with Gasteiger partial charge in [0.1, 0.15) is 11.8 Å². The molecule has 0 bridgehead atoms. The van der Waals surface area contributed by atoms with Gasteiger partial charge in [-0.2, -0.15) is 9.65 Å². The molecular formula is C28H30ClFN8. The molecule has 3 heterocycles. The van der Waals surface area contributed by atoms with Crippen molar-refractivity contribution in [3.05, 3.63) is 69.6 Å². The van der Waals surface area contributed by atoms with E-state index in [2.05, 4.69) is 57.8 Å².